The van der Waals surface area contributed by atoms with Crippen molar-refractivity contribution in [2.75, 3.05) is 6.61 Å². The number of oxazole rings is 1. The predicted octanol–water partition coefficient (Wildman–Crippen LogP) is 3.95. The summed E-state index contributed by atoms with van der Waals surface area (Å²) in [6, 6.07) is 0. The lowest BCUT2D eigenvalue weighted by Gasteiger charge is -2.36. The summed E-state index contributed by atoms with van der Waals surface area (Å²) >= 11 is 6.61. The first-order valence-electron chi connectivity index (χ1n) is 13.5. The molecule has 1 aromatic rings. The van der Waals surface area contributed by atoms with Crippen molar-refractivity contribution in [1.82, 2.24) is 4.98 Å². The van der Waals surface area contributed by atoms with Crippen molar-refractivity contribution in [1.29, 1.82) is 0 Å². The molecule has 0 amide bonds. The first-order valence-corrected chi connectivity index (χ1v) is 13.9. The number of cyclic esters (lactones) is 1. The van der Waals surface area contributed by atoms with E-state index >= 15 is 0 Å². The Hall–Kier alpha value is -1.78. The average Bonchev–Trinajstić information content (AvgIpc) is 3.74. The summed E-state index contributed by atoms with van der Waals surface area (Å²) in [6.45, 7) is 9.45. The number of fused-ring (bicyclic) bond motifs is 1. The molecule has 38 heavy (non-hydrogen) atoms. The molecule has 3 aliphatic heterocycles. The molecule has 2 N–H and O–H groups in total. The standard InChI is InChI=1S/C28H40ClNO8/c1-15-7-6-8-28(5)23(38-28)11-21(20(29)9-17-13-35-16(2)30-17)37-24(32)12-22(31)27(3,4)26(34)19(25(15)33)10-18-14-36-18/h9,13,15,18-19,21-23,25,31,33H,6-8,10-12,14H2,1-5H3/t15-,18?,19+,21-,22-,23?,25+,28?/m0/s1. The zero-order chi connectivity index (χ0) is 27.8. The number of aliphatic hydroxyl groups is 2. The maximum atomic E-state index is 13.7. The molecule has 0 bridgehead atoms. The van der Waals surface area contributed by atoms with E-state index in [2.05, 4.69) is 4.98 Å². The van der Waals surface area contributed by atoms with Crippen molar-refractivity contribution in [2.24, 2.45) is 17.3 Å². The van der Waals surface area contributed by atoms with Crippen molar-refractivity contribution in [3.8, 4) is 0 Å². The topological polar surface area (TPSA) is 135 Å². The third-order valence-corrected chi connectivity index (χ3v) is 8.73. The van der Waals surface area contributed by atoms with Crippen LogP contribution in [0.15, 0.2) is 15.7 Å². The van der Waals surface area contributed by atoms with Crippen molar-refractivity contribution in [3.05, 3.63) is 22.9 Å². The van der Waals surface area contributed by atoms with Gasteiger partial charge < -0.3 is 28.8 Å². The summed E-state index contributed by atoms with van der Waals surface area (Å²) in [5, 5.41) is 22.5. The van der Waals surface area contributed by atoms with Crippen LogP contribution in [-0.2, 0) is 23.8 Å². The molecule has 3 saturated heterocycles. The van der Waals surface area contributed by atoms with E-state index in [0.717, 1.165) is 19.3 Å². The number of nitrogens with zero attached hydrogens (tertiary/aromatic N) is 1. The fourth-order valence-electron chi connectivity index (χ4n) is 5.39. The van der Waals surface area contributed by atoms with E-state index in [1.54, 1.807) is 26.8 Å². The molecule has 10 heteroatoms. The first kappa shape index (κ1) is 29.2. The van der Waals surface area contributed by atoms with Gasteiger partial charge in [0.25, 0.3) is 0 Å². The molecule has 3 aliphatic rings. The van der Waals surface area contributed by atoms with Crippen LogP contribution in [0.5, 0.6) is 0 Å². The maximum Gasteiger partial charge on any atom is 0.309 e. The van der Waals surface area contributed by atoms with Gasteiger partial charge in [-0.2, -0.15) is 0 Å². The van der Waals surface area contributed by atoms with Gasteiger partial charge in [-0.25, -0.2) is 4.98 Å². The van der Waals surface area contributed by atoms with Crippen LogP contribution in [0, 0.1) is 24.2 Å². The van der Waals surface area contributed by atoms with E-state index in [9.17, 15) is 19.8 Å². The number of carbonyl (C=O) groups excluding carboxylic acids is 2. The highest BCUT2D eigenvalue weighted by Gasteiger charge is 2.53. The Kier molecular flexibility index (Phi) is 8.74. The predicted molar refractivity (Wildman–Crippen MR) is 139 cm³/mol. The first-order chi connectivity index (χ1) is 17.8. The van der Waals surface area contributed by atoms with Crippen LogP contribution < -0.4 is 0 Å². The van der Waals surface area contributed by atoms with Gasteiger partial charge in [0.15, 0.2) is 5.89 Å². The number of ether oxygens (including phenoxy) is 3. The van der Waals surface area contributed by atoms with E-state index < -0.39 is 47.6 Å². The number of aryl methyl sites for hydroxylation is 1. The number of epoxide rings is 2. The highest BCUT2D eigenvalue weighted by atomic mass is 35.5. The minimum atomic E-state index is -1.32. The van der Waals surface area contributed by atoms with Crippen LogP contribution in [0.4, 0.5) is 0 Å². The van der Waals surface area contributed by atoms with Gasteiger partial charge in [0.2, 0.25) is 0 Å². The number of esters is 1. The number of carbonyl (C=O) groups is 2. The smallest absolute Gasteiger partial charge is 0.309 e. The fraction of sp³-hybridized carbons (Fsp3) is 0.750. The third kappa shape index (κ3) is 6.86. The highest BCUT2D eigenvalue weighted by molar-refractivity contribution is 6.32. The quantitative estimate of drug-likeness (QED) is 0.419. The second-order valence-electron chi connectivity index (χ2n) is 11.9. The van der Waals surface area contributed by atoms with E-state index in [4.69, 9.17) is 30.2 Å². The molecule has 0 spiro atoms. The zero-order valence-electron chi connectivity index (χ0n) is 22.8. The van der Waals surface area contributed by atoms with Gasteiger partial charge in [-0.3, -0.25) is 9.59 Å². The Bertz CT molecular complexity index is 1050. The van der Waals surface area contributed by atoms with E-state index in [0.29, 0.717) is 31.0 Å². The van der Waals surface area contributed by atoms with Crippen LogP contribution in [-0.4, -0.2) is 69.7 Å². The zero-order valence-corrected chi connectivity index (χ0v) is 23.6. The van der Waals surface area contributed by atoms with Crippen LogP contribution >= 0.6 is 11.6 Å². The lowest BCUT2D eigenvalue weighted by Crippen LogP contribution is -2.47. The Labute approximate surface area is 228 Å². The number of aliphatic hydroxyl groups excluding tert-OH is 2. The monoisotopic (exact) mass is 553 g/mol. The van der Waals surface area contributed by atoms with Crippen molar-refractivity contribution < 1.29 is 38.4 Å². The number of hydrogen-bond acceptors (Lipinski definition) is 9. The van der Waals surface area contributed by atoms with Gasteiger partial charge in [0, 0.05) is 19.3 Å². The Morgan fingerprint density at radius 3 is 2.61 bits per heavy atom. The van der Waals surface area contributed by atoms with Crippen molar-refractivity contribution in [2.45, 2.75) is 109 Å². The van der Waals surface area contributed by atoms with Crippen LogP contribution in [0.3, 0.4) is 0 Å². The van der Waals surface area contributed by atoms with E-state index in [1.165, 1.54) is 6.26 Å². The Morgan fingerprint density at radius 1 is 1.26 bits per heavy atom. The molecule has 4 rings (SSSR count). The summed E-state index contributed by atoms with van der Waals surface area (Å²) in [6.07, 6.45) is 2.40. The van der Waals surface area contributed by atoms with Gasteiger partial charge >= 0.3 is 5.97 Å². The van der Waals surface area contributed by atoms with Crippen molar-refractivity contribution in [3.63, 3.8) is 0 Å². The molecule has 0 radical (unpaired) electrons. The molecule has 212 valence electrons. The molecule has 8 atom stereocenters. The lowest BCUT2D eigenvalue weighted by atomic mass is 9.71. The van der Waals surface area contributed by atoms with Crippen molar-refractivity contribution >= 4 is 29.4 Å². The Morgan fingerprint density at radius 2 is 1.97 bits per heavy atom. The normalized spacial score (nSPS) is 38.8. The third-order valence-electron chi connectivity index (χ3n) is 8.38. The number of aromatic nitrogens is 1. The summed E-state index contributed by atoms with van der Waals surface area (Å²) in [5.74, 6) is -1.33. The maximum absolute atomic E-state index is 13.7. The summed E-state index contributed by atoms with van der Waals surface area (Å²) in [7, 11) is 0. The highest BCUT2D eigenvalue weighted by Crippen LogP contribution is 2.45. The van der Waals surface area contributed by atoms with Crippen LogP contribution in [0.25, 0.3) is 6.08 Å². The average molecular weight is 554 g/mol. The molecule has 3 fully saturated rings. The summed E-state index contributed by atoms with van der Waals surface area (Å²) in [4.78, 5) is 30.9. The molecule has 1 aromatic heterocycles. The molecule has 0 aromatic carbocycles. The van der Waals surface area contributed by atoms with Gasteiger partial charge in [-0.1, -0.05) is 38.8 Å². The van der Waals surface area contributed by atoms with Gasteiger partial charge in [-0.15, -0.1) is 0 Å². The fourth-order valence-corrected chi connectivity index (χ4v) is 5.64. The van der Waals surface area contributed by atoms with Crippen LogP contribution in [0.1, 0.15) is 77.8 Å². The molecular weight excluding hydrogens is 514 g/mol. The molecule has 4 heterocycles. The largest absolute Gasteiger partial charge is 0.456 e. The molecule has 0 aliphatic carbocycles. The minimum Gasteiger partial charge on any atom is -0.456 e. The Balaban J connectivity index is 1.58. The summed E-state index contributed by atoms with van der Waals surface area (Å²) in [5.41, 5.74) is -1.19. The number of ketones is 1. The van der Waals surface area contributed by atoms with Gasteiger partial charge in [0.1, 0.15) is 23.8 Å². The number of rotatable bonds is 4. The lowest BCUT2D eigenvalue weighted by molar-refractivity contribution is -0.154. The van der Waals surface area contributed by atoms with Gasteiger partial charge in [0.05, 0.1) is 53.5 Å². The van der Waals surface area contributed by atoms with Crippen LogP contribution in [0.2, 0.25) is 0 Å². The number of Topliss-reactive ketones (excluding diaryl/α,β-unsaturated/α-hetero) is 1. The molecule has 0 saturated carbocycles. The number of hydrogen-bond donors (Lipinski definition) is 2. The van der Waals surface area contributed by atoms with E-state index in [-0.39, 0.29) is 28.9 Å². The van der Waals surface area contributed by atoms with Gasteiger partial charge in [-0.05, 0) is 38.2 Å². The minimum absolute atomic E-state index is 0.0722. The second-order valence-corrected chi connectivity index (χ2v) is 12.4. The molecule has 3 unspecified atom stereocenters. The number of halogens is 1. The molecule has 9 nitrogen and oxygen atoms in total. The second kappa shape index (κ2) is 11.4. The summed E-state index contributed by atoms with van der Waals surface area (Å²) < 4.78 is 22.4. The van der Waals surface area contributed by atoms with E-state index in [1.807, 2.05) is 13.8 Å². The molecular formula is C28H40ClNO8. The SMILES string of the molecule is Cc1nc(C=C(Cl)[C@@H]2CC3OC3(C)CCC[C@H](C)[C@@H](O)[C@@H](CC3CO3)C(=O)C(C)(C)[C@@H](O)CC(=O)O2)co1.